The fourth-order valence-corrected chi connectivity index (χ4v) is 1.91. The van der Waals surface area contributed by atoms with Gasteiger partial charge in [-0.05, 0) is 20.3 Å². The molecular formula is C11H17N3O5. The highest BCUT2D eigenvalue weighted by Crippen LogP contribution is 2.10. The second-order valence-corrected chi connectivity index (χ2v) is 4.02. The zero-order valence-electron chi connectivity index (χ0n) is 11.2. The molecule has 1 aromatic heterocycles. The summed E-state index contributed by atoms with van der Waals surface area (Å²) in [6, 6.07) is 0. The first-order chi connectivity index (χ1) is 8.95. The van der Waals surface area contributed by atoms with Gasteiger partial charge in [-0.15, -0.1) is 0 Å². The third-order valence-electron chi connectivity index (χ3n) is 2.89. The van der Waals surface area contributed by atoms with Crippen molar-refractivity contribution in [3.63, 3.8) is 0 Å². The molecule has 19 heavy (non-hydrogen) atoms. The van der Waals surface area contributed by atoms with Gasteiger partial charge in [-0.2, -0.15) is 0 Å². The van der Waals surface area contributed by atoms with Crippen LogP contribution in [0.15, 0.2) is 9.59 Å². The summed E-state index contributed by atoms with van der Waals surface area (Å²) in [6.07, 6.45) is 0.538. The molecular weight excluding hydrogens is 254 g/mol. The number of hydrogen-bond donors (Lipinski definition) is 0. The minimum absolute atomic E-state index is 0.0841. The van der Waals surface area contributed by atoms with Gasteiger partial charge >= 0.3 is 16.9 Å². The van der Waals surface area contributed by atoms with Gasteiger partial charge in [-0.25, -0.2) is 4.79 Å². The Bertz CT molecular complexity index is 587. The van der Waals surface area contributed by atoms with Crippen molar-refractivity contribution in [3.8, 4) is 0 Å². The summed E-state index contributed by atoms with van der Waals surface area (Å²) < 4.78 is 7.01. The fraction of sp³-hybridized carbons (Fsp3) is 0.636. The van der Waals surface area contributed by atoms with Crippen molar-refractivity contribution in [1.82, 2.24) is 9.13 Å². The lowest BCUT2D eigenvalue weighted by molar-refractivity contribution is -0.387. The third-order valence-corrected chi connectivity index (χ3v) is 2.89. The molecule has 0 bridgehead atoms. The number of nitro groups is 1. The maximum absolute atomic E-state index is 12.1. The average molecular weight is 271 g/mol. The van der Waals surface area contributed by atoms with E-state index >= 15 is 0 Å². The molecule has 0 saturated heterocycles. The lowest BCUT2D eigenvalue weighted by atomic mass is 10.3. The Balaban J connectivity index is 3.46. The average Bonchev–Trinajstić information content (AvgIpc) is 2.33. The van der Waals surface area contributed by atoms with Crippen LogP contribution in [0.5, 0.6) is 0 Å². The van der Waals surface area contributed by atoms with Gasteiger partial charge in [-0.3, -0.25) is 24.0 Å². The van der Waals surface area contributed by atoms with Crippen LogP contribution in [-0.4, -0.2) is 27.8 Å². The predicted octanol–water partition coefficient (Wildman–Crippen LogP) is 0.283. The summed E-state index contributed by atoms with van der Waals surface area (Å²) in [5.74, 6) is 0. The van der Waals surface area contributed by atoms with E-state index in [0.29, 0.717) is 13.0 Å². The Morgan fingerprint density at radius 2 is 1.95 bits per heavy atom. The molecule has 0 N–H and O–H groups in total. The van der Waals surface area contributed by atoms with E-state index < -0.39 is 21.9 Å². The maximum Gasteiger partial charge on any atom is 0.353 e. The number of aromatic nitrogens is 2. The largest absolute Gasteiger partial charge is 0.385 e. The Morgan fingerprint density at radius 1 is 1.32 bits per heavy atom. The summed E-state index contributed by atoms with van der Waals surface area (Å²) in [7, 11) is 1.53. The van der Waals surface area contributed by atoms with Crippen LogP contribution in [0.4, 0.5) is 5.69 Å². The highest BCUT2D eigenvalue weighted by atomic mass is 16.6. The molecule has 8 nitrogen and oxygen atoms in total. The molecule has 8 heteroatoms. The van der Waals surface area contributed by atoms with E-state index in [4.69, 9.17) is 4.74 Å². The molecule has 0 unspecified atom stereocenters. The Morgan fingerprint density at radius 3 is 2.42 bits per heavy atom. The number of nitrogens with zero attached hydrogens (tertiary/aromatic N) is 3. The van der Waals surface area contributed by atoms with Gasteiger partial charge in [0.2, 0.25) is 0 Å². The zero-order valence-corrected chi connectivity index (χ0v) is 11.2. The second-order valence-electron chi connectivity index (χ2n) is 4.02. The van der Waals surface area contributed by atoms with E-state index in [-0.39, 0.29) is 18.8 Å². The monoisotopic (exact) mass is 271 g/mol. The first kappa shape index (κ1) is 15.1. The summed E-state index contributed by atoms with van der Waals surface area (Å²) in [5, 5.41) is 11.0. The van der Waals surface area contributed by atoms with Crippen molar-refractivity contribution < 1.29 is 9.66 Å². The Labute approximate surface area is 109 Å². The molecule has 0 aliphatic heterocycles. The topological polar surface area (TPSA) is 96.4 Å². The van der Waals surface area contributed by atoms with Crippen LogP contribution in [0.25, 0.3) is 0 Å². The van der Waals surface area contributed by atoms with Gasteiger partial charge in [0.15, 0.2) is 0 Å². The van der Waals surface area contributed by atoms with Gasteiger partial charge < -0.3 is 4.74 Å². The molecule has 0 aliphatic carbocycles. The highest BCUT2D eigenvalue weighted by molar-refractivity contribution is 5.31. The van der Waals surface area contributed by atoms with E-state index in [0.717, 1.165) is 4.57 Å². The van der Waals surface area contributed by atoms with Gasteiger partial charge in [-0.1, -0.05) is 0 Å². The molecule has 0 spiro atoms. The number of rotatable bonds is 6. The predicted molar refractivity (Wildman–Crippen MR) is 68.5 cm³/mol. The third kappa shape index (κ3) is 2.90. The normalized spacial score (nSPS) is 10.7. The van der Waals surface area contributed by atoms with Crippen LogP contribution in [0, 0.1) is 17.0 Å². The summed E-state index contributed by atoms with van der Waals surface area (Å²) in [4.78, 5) is 34.1. The molecule has 0 amide bonds. The zero-order chi connectivity index (χ0) is 14.6. The van der Waals surface area contributed by atoms with Crippen LogP contribution in [0.2, 0.25) is 0 Å². The maximum atomic E-state index is 12.1. The highest BCUT2D eigenvalue weighted by Gasteiger charge is 2.24. The van der Waals surface area contributed by atoms with Crippen LogP contribution in [0.3, 0.4) is 0 Å². The Hall–Kier alpha value is -1.96. The number of hydrogen-bond acceptors (Lipinski definition) is 5. The van der Waals surface area contributed by atoms with E-state index in [1.807, 2.05) is 0 Å². The molecule has 1 aromatic rings. The van der Waals surface area contributed by atoms with Crippen molar-refractivity contribution in [3.05, 3.63) is 36.6 Å². The van der Waals surface area contributed by atoms with Gasteiger partial charge in [0.25, 0.3) is 0 Å². The van der Waals surface area contributed by atoms with Crippen LogP contribution in [0.1, 0.15) is 19.0 Å². The van der Waals surface area contributed by atoms with Crippen molar-refractivity contribution in [2.75, 3.05) is 13.7 Å². The molecule has 0 fully saturated rings. The standard InChI is InChI=1S/C11H17N3O5/c1-4-12-10(15)9(14(17)18)8(2)13(11(12)16)6-5-7-19-3/h4-7H2,1-3H3. The van der Waals surface area contributed by atoms with Gasteiger partial charge in [0, 0.05) is 26.8 Å². The lowest BCUT2D eigenvalue weighted by Crippen LogP contribution is -2.41. The fourth-order valence-electron chi connectivity index (χ4n) is 1.91. The van der Waals surface area contributed by atoms with Gasteiger partial charge in [0.1, 0.15) is 5.69 Å². The van der Waals surface area contributed by atoms with Crippen LogP contribution < -0.4 is 11.2 Å². The second kappa shape index (κ2) is 6.28. The van der Waals surface area contributed by atoms with E-state index in [1.165, 1.54) is 18.6 Å². The molecule has 1 heterocycles. The number of ether oxygens (including phenoxy) is 1. The minimum atomic E-state index is -0.849. The first-order valence-corrected chi connectivity index (χ1v) is 5.93. The minimum Gasteiger partial charge on any atom is -0.385 e. The molecule has 1 rings (SSSR count). The SMILES string of the molecule is CCn1c(=O)c([N+](=O)[O-])c(C)n(CCCOC)c1=O. The Kier molecular flexibility index (Phi) is 4.99. The summed E-state index contributed by atoms with van der Waals surface area (Å²) >= 11 is 0. The van der Waals surface area contributed by atoms with Crippen molar-refractivity contribution in [1.29, 1.82) is 0 Å². The molecule has 0 atom stereocenters. The summed E-state index contributed by atoms with van der Waals surface area (Å²) in [6.45, 7) is 3.82. The van der Waals surface area contributed by atoms with Crippen LogP contribution >= 0.6 is 0 Å². The number of methoxy groups -OCH3 is 1. The lowest BCUT2D eigenvalue weighted by Gasteiger charge is -2.12. The summed E-state index contributed by atoms with van der Waals surface area (Å²) in [5.41, 5.74) is -1.83. The van der Waals surface area contributed by atoms with Gasteiger partial charge in [0.05, 0.1) is 4.92 Å². The van der Waals surface area contributed by atoms with Crippen LogP contribution in [-0.2, 0) is 17.8 Å². The van der Waals surface area contributed by atoms with Crippen molar-refractivity contribution in [2.24, 2.45) is 0 Å². The van der Waals surface area contributed by atoms with Crippen molar-refractivity contribution in [2.45, 2.75) is 33.4 Å². The van der Waals surface area contributed by atoms with E-state index in [2.05, 4.69) is 0 Å². The van der Waals surface area contributed by atoms with E-state index in [9.17, 15) is 19.7 Å². The molecule has 0 aliphatic rings. The van der Waals surface area contributed by atoms with Crippen molar-refractivity contribution >= 4 is 5.69 Å². The molecule has 0 saturated carbocycles. The van der Waals surface area contributed by atoms with E-state index in [1.54, 1.807) is 6.92 Å². The quantitative estimate of drug-likeness (QED) is 0.420. The smallest absolute Gasteiger partial charge is 0.353 e. The molecule has 0 aromatic carbocycles. The molecule has 106 valence electrons. The molecule has 0 radical (unpaired) electrons. The first-order valence-electron chi connectivity index (χ1n) is 5.93.